The summed E-state index contributed by atoms with van der Waals surface area (Å²) in [5, 5.41) is 8.79. The number of hydrogen-bond acceptors (Lipinski definition) is 4. The zero-order valence-corrected chi connectivity index (χ0v) is 13.3. The Labute approximate surface area is 120 Å². The molecule has 0 aliphatic carbocycles. The average molecular weight is 354 g/mol. The van der Waals surface area contributed by atoms with Crippen molar-refractivity contribution in [1.82, 2.24) is 4.31 Å². The maximum Gasteiger partial charge on any atom is 0.371 e. The molecule has 1 aromatic rings. The molecule has 1 rings (SSSR count). The van der Waals surface area contributed by atoms with Crippen LogP contribution in [0.3, 0.4) is 0 Å². The zero-order chi connectivity index (χ0) is 14.8. The van der Waals surface area contributed by atoms with E-state index in [1.165, 1.54) is 11.4 Å². The van der Waals surface area contributed by atoms with Crippen LogP contribution in [0.2, 0.25) is 0 Å². The first-order chi connectivity index (χ1) is 8.70. The van der Waals surface area contributed by atoms with Gasteiger partial charge in [0.1, 0.15) is 4.90 Å². The fourth-order valence-corrected chi connectivity index (χ4v) is 3.66. The highest BCUT2D eigenvalue weighted by atomic mass is 79.9. The topological polar surface area (TPSA) is 87.8 Å². The Morgan fingerprint density at radius 2 is 2.16 bits per heavy atom. The van der Waals surface area contributed by atoms with Gasteiger partial charge in [-0.05, 0) is 21.8 Å². The van der Waals surface area contributed by atoms with E-state index in [2.05, 4.69) is 15.9 Å². The summed E-state index contributed by atoms with van der Waals surface area (Å²) in [6.45, 7) is 4.28. The maximum atomic E-state index is 12.3. The van der Waals surface area contributed by atoms with Crippen LogP contribution in [-0.2, 0) is 10.0 Å². The van der Waals surface area contributed by atoms with Crippen molar-refractivity contribution in [2.45, 2.75) is 25.2 Å². The quantitative estimate of drug-likeness (QED) is 0.848. The Morgan fingerprint density at radius 1 is 1.58 bits per heavy atom. The predicted molar refractivity (Wildman–Crippen MR) is 72.6 cm³/mol. The van der Waals surface area contributed by atoms with Crippen molar-refractivity contribution >= 4 is 31.9 Å². The highest BCUT2D eigenvalue weighted by Gasteiger charge is 2.29. The first-order valence-electron chi connectivity index (χ1n) is 5.69. The van der Waals surface area contributed by atoms with Crippen molar-refractivity contribution in [2.24, 2.45) is 5.92 Å². The summed E-state index contributed by atoms with van der Waals surface area (Å²) in [6.07, 6.45) is 0.854. The summed E-state index contributed by atoms with van der Waals surface area (Å²) in [7, 11) is -2.30. The molecule has 0 saturated carbocycles. The van der Waals surface area contributed by atoms with Crippen LogP contribution in [0.5, 0.6) is 0 Å². The van der Waals surface area contributed by atoms with Crippen LogP contribution in [0.1, 0.15) is 30.8 Å². The molecule has 0 saturated heterocycles. The van der Waals surface area contributed by atoms with Gasteiger partial charge in [-0.25, -0.2) is 17.5 Å². The summed E-state index contributed by atoms with van der Waals surface area (Å²) in [5.74, 6) is -1.52. The van der Waals surface area contributed by atoms with Crippen molar-refractivity contribution in [3.8, 4) is 0 Å². The van der Waals surface area contributed by atoms with E-state index in [-0.39, 0.29) is 15.5 Å². The van der Waals surface area contributed by atoms with Crippen LogP contribution < -0.4 is 0 Å². The third-order valence-electron chi connectivity index (χ3n) is 2.82. The maximum absolute atomic E-state index is 12.3. The molecule has 1 atom stereocenters. The van der Waals surface area contributed by atoms with E-state index < -0.39 is 21.8 Å². The number of carboxylic acid groups (broad SMARTS) is 1. The molecule has 0 fully saturated rings. The number of furan rings is 1. The van der Waals surface area contributed by atoms with Gasteiger partial charge in [-0.1, -0.05) is 20.3 Å². The fraction of sp³-hybridized carbons (Fsp3) is 0.545. The van der Waals surface area contributed by atoms with Crippen LogP contribution in [-0.4, -0.2) is 37.4 Å². The van der Waals surface area contributed by atoms with Gasteiger partial charge < -0.3 is 9.52 Å². The van der Waals surface area contributed by atoms with Crippen LogP contribution in [0.4, 0.5) is 0 Å². The highest BCUT2D eigenvalue weighted by molar-refractivity contribution is 9.10. The minimum atomic E-state index is -3.76. The second kappa shape index (κ2) is 6.06. The fourth-order valence-electron chi connectivity index (χ4n) is 1.47. The smallest absolute Gasteiger partial charge is 0.371 e. The number of carbonyl (C=O) groups is 1. The van der Waals surface area contributed by atoms with Gasteiger partial charge in [0, 0.05) is 19.7 Å². The number of halogens is 1. The number of carboxylic acids is 1. The molecule has 8 heteroatoms. The third kappa shape index (κ3) is 3.58. The monoisotopic (exact) mass is 353 g/mol. The Bertz CT molecular complexity index is 566. The Balaban J connectivity index is 3.09. The number of aromatic carboxylic acids is 1. The molecule has 1 unspecified atom stereocenters. The molecule has 0 amide bonds. The van der Waals surface area contributed by atoms with Crippen molar-refractivity contribution in [1.29, 1.82) is 0 Å². The van der Waals surface area contributed by atoms with Crippen molar-refractivity contribution < 1.29 is 22.7 Å². The van der Waals surface area contributed by atoms with Crippen molar-refractivity contribution in [2.75, 3.05) is 13.6 Å². The molecule has 0 bridgehead atoms. The lowest BCUT2D eigenvalue weighted by Crippen LogP contribution is -2.31. The van der Waals surface area contributed by atoms with E-state index in [0.29, 0.717) is 6.54 Å². The lowest BCUT2D eigenvalue weighted by molar-refractivity contribution is 0.0661. The van der Waals surface area contributed by atoms with Gasteiger partial charge in [0.05, 0.1) is 0 Å². The van der Waals surface area contributed by atoms with Crippen LogP contribution >= 0.6 is 15.9 Å². The summed E-state index contributed by atoms with van der Waals surface area (Å²) in [4.78, 5) is 10.6. The van der Waals surface area contributed by atoms with Gasteiger partial charge >= 0.3 is 5.97 Å². The first-order valence-corrected chi connectivity index (χ1v) is 7.92. The minimum Gasteiger partial charge on any atom is -0.475 e. The van der Waals surface area contributed by atoms with Crippen molar-refractivity contribution in [3.63, 3.8) is 0 Å². The molecule has 1 aromatic heterocycles. The number of rotatable bonds is 6. The van der Waals surface area contributed by atoms with E-state index in [1.54, 1.807) is 0 Å². The predicted octanol–water partition coefficient (Wildman–Crippen LogP) is 2.41. The van der Waals surface area contributed by atoms with E-state index in [1.807, 2.05) is 13.8 Å². The molecule has 0 aromatic carbocycles. The highest BCUT2D eigenvalue weighted by Crippen LogP contribution is 2.28. The zero-order valence-electron chi connectivity index (χ0n) is 10.9. The molecule has 0 aliphatic rings. The van der Waals surface area contributed by atoms with Gasteiger partial charge in [0.15, 0.2) is 4.67 Å². The minimum absolute atomic E-state index is 0.0964. The van der Waals surface area contributed by atoms with Gasteiger partial charge in [-0.15, -0.1) is 0 Å². The van der Waals surface area contributed by atoms with Crippen molar-refractivity contribution in [3.05, 3.63) is 16.5 Å². The molecule has 108 valence electrons. The van der Waals surface area contributed by atoms with Gasteiger partial charge in [0.2, 0.25) is 15.8 Å². The van der Waals surface area contributed by atoms with Gasteiger partial charge in [-0.3, -0.25) is 0 Å². The molecule has 0 aliphatic heterocycles. The summed E-state index contributed by atoms with van der Waals surface area (Å²) < 4.78 is 30.5. The molecule has 0 radical (unpaired) electrons. The summed E-state index contributed by atoms with van der Waals surface area (Å²) in [6, 6.07) is 1.01. The third-order valence-corrected chi connectivity index (χ3v) is 5.50. The summed E-state index contributed by atoms with van der Waals surface area (Å²) >= 11 is 2.94. The lowest BCUT2D eigenvalue weighted by atomic mass is 10.1. The number of hydrogen-bond donors (Lipinski definition) is 1. The van der Waals surface area contributed by atoms with Gasteiger partial charge in [0.25, 0.3) is 0 Å². The molecule has 0 spiro atoms. The van der Waals surface area contributed by atoms with E-state index >= 15 is 0 Å². The molecule has 6 nitrogen and oxygen atoms in total. The molecular formula is C11H16BrNO5S. The first kappa shape index (κ1) is 16.2. The molecule has 1 N–H and O–H groups in total. The molecule has 19 heavy (non-hydrogen) atoms. The Hall–Kier alpha value is -0.860. The van der Waals surface area contributed by atoms with Crippen LogP contribution in [0.15, 0.2) is 20.0 Å². The Kier molecular flexibility index (Phi) is 5.17. The summed E-state index contributed by atoms with van der Waals surface area (Å²) in [5.41, 5.74) is 0. The van der Waals surface area contributed by atoms with E-state index in [9.17, 15) is 13.2 Å². The second-order valence-electron chi connectivity index (χ2n) is 4.35. The van der Waals surface area contributed by atoms with E-state index in [0.717, 1.165) is 12.5 Å². The van der Waals surface area contributed by atoms with Crippen LogP contribution in [0, 0.1) is 5.92 Å². The normalized spacial score (nSPS) is 13.7. The van der Waals surface area contributed by atoms with Gasteiger partial charge in [-0.2, -0.15) is 0 Å². The molecule has 1 heterocycles. The van der Waals surface area contributed by atoms with Crippen LogP contribution in [0.25, 0.3) is 0 Å². The molecular weight excluding hydrogens is 338 g/mol. The largest absolute Gasteiger partial charge is 0.475 e. The number of sulfonamides is 1. The SMILES string of the molecule is CCC(C)CN(C)S(=O)(=O)c1cc(C(=O)O)oc1Br. The average Bonchev–Trinajstić information content (AvgIpc) is 2.71. The standard InChI is InChI=1S/C11H16BrNO5S/c1-4-7(2)6-13(3)19(16,17)9-5-8(11(14)15)18-10(9)12/h5,7H,4,6H2,1-3H3,(H,14,15). The lowest BCUT2D eigenvalue weighted by Gasteiger charge is -2.19. The van der Waals surface area contributed by atoms with E-state index in [4.69, 9.17) is 9.52 Å². The second-order valence-corrected chi connectivity index (χ2v) is 7.09. The Morgan fingerprint density at radius 3 is 2.58 bits per heavy atom. The number of nitrogens with zero attached hydrogens (tertiary/aromatic N) is 1.